The zero-order valence-electron chi connectivity index (χ0n) is 15.4. The van der Waals surface area contributed by atoms with Crippen LogP contribution in [0.25, 0.3) is 0 Å². The fourth-order valence-corrected chi connectivity index (χ4v) is 5.55. The topological polar surface area (TPSA) is 43.4 Å². The van der Waals surface area contributed by atoms with Crippen LogP contribution in [-0.2, 0) is 9.53 Å². The Bertz CT molecular complexity index is 597. The van der Waals surface area contributed by atoms with E-state index < -0.39 is 0 Å². The number of aldehydes is 1. The Labute approximate surface area is 151 Å². The van der Waals surface area contributed by atoms with E-state index in [1.807, 2.05) is 30.3 Å². The molecule has 2 saturated carbocycles. The highest BCUT2D eigenvalue weighted by Gasteiger charge is 2.53. The molecule has 2 aliphatic carbocycles. The van der Waals surface area contributed by atoms with Gasteiger partial charge in [-0.3, -0.25) is 0 Å². The monoisotopic (exact) mass is 342 g/mol. The fourth-order valence-electron chi connectivity index (χ4n) is 5.55. The zero-order valence-corrected chi connectivity index (χ0v) is 15.4. The number of carbonyl (C=O) groups is 2. The predicted octanol–water partition coefficient (Wildman–Crippen LogP) is 5.04. The highest BCUT2D eigenvalue weighted by Crippen LogP contribution is 2.58. The normalized spacial score (nSPS) is 32.6. The Morgan fingerprint density at radius 2 is 2.04 bits per heavy atom. The highest BCUT2D eigenvalue weighted by molar-refractivity contribution is 5.89. The van der Waals surface area contributed by atoms with Crippen LogP contribution < -0.4 is 0 Å². The van der Waals surface area contributed by atoms with Crippen molar-refractivity contribution in [1.29, 1.82) is 0 Å². The molecule has 3 nitrogen and oxygen atoms in total. The Hall–Kier alpha value is -1.64. The van der Waals surface area contributed by atoms with Gasteiger partial charge >= 0.3 is 5.97 Å². The quantitative estimate of drug-likeness (QED) is 0.537. The summed E-state index contributed by atoms with van der Waals surface area (Å²) in [6.45, 7) is 4.69. The van der Waals surface area contributed by atoms with Crippen molar-refractivity contribution in [2.45, 2.75) is 64.9 Å². The Balaban J connectivity index is 1.70. The van der Waals surface area contributed by atoms with Gasteiger partial charge in [0, 0.05) is 12.3 Å². The lowest BCUT2D eigenvalue weighted by atomic mass is 9.61. The molecule has 0 bridgehead atoms. The summed E-state index contributed by atoms with van der Waals surface area (Å²) in [5, 5.41) is 0. The van der Waals surface area contributed by atoms with E-state index in [9.17, 15) is 9.59 Å². The lowest BCUT2D eigenvalue weighted by Gasteiger charge is -2.46. The summed E-state index contributed by atoms with van der Waals surface area (Å²) >= 11 is 0. The second-order valence-corrected chi connectivity index (χ2v) is 8.22. The number of benzene rings is 1. The maximum Gasteiger partial charge on any atom is 0.338 e. The maximum atomic E-state index is 12.5. The van der Waals surface area contributed by atoms with Gasteiger partial charge in [-0.15, -0.1) is 0 Å². The summed E-state index contributed by atoms with van der Waals surface area (Å²) in [6.07, 6.45) is 8.36. The molecular weight excluding hydrogens is 312 g/mol. The van der Waals surface area contributed by atoms with Crippen LogP contribution in [0.15, 0.2) is 30.3 Å². The summed E-state index contributed by atoms with van der Waals surface area (Å²) < 4.78 is 5.97. The highest BCUT2D eigenvalue weighted by atomic mass is 16.5. The van der Waals surface area contributed by atoms with Gasteiger partial charge in [0.05, 0.1) is 5.56 Å². The van der Waals surface area contributed by atoms with E-state index in [0.717, 1.165) is 32.0 Å². The van der Waals surface area contributed by atoms with Crippen LogP contribution in [0.5, 0.6) is 0 Å². The van der Waals surface area contributed by atoms with Gasteiger partial charge in [0.1, 0.15) is 12.4 Å². The largest absolute Gasteiger partial charge is 0.458 e. The molecule has 25 heavy (non-hydrogen) atoms. The molecule has 0 heterocycles. The number of carbonyl (C=O) groups excluding carboxylic acids is 2. The minimum absolute atomic E-state index is 0.0368. The summed E-state index contributed by atoms with van der Waals surface area (Å²) in [5.41, 5.74) is 0.881. The maximum absolute atomic E-state index is 12.5. The van der Waals surface area contributed by atoms with Crippen molar-refractivity contribution in [2.24, 2.45) is 23.2 Å². The molecule has 0 amide bonds. The van der Waals surface area contributed by atoms with E-state index in [-0.39, 0.29) is 17.5 Å². The van der Waals surface area contributed by atoms with Gasteiger partial charge < -0.3 is 9.53 Å². The average Bonchev–Trinajstić information content (AvgIpc) is 2.98. The van der Waals surface area contributed by atoms with Crippen molar-refractivity contribution in [3.8, 4) is 0 Å². The third kappa shape index (κ3) is 3.65. The van der Waals surface area contributed by atoms with Crippen molar-refractivity contribution in [1.82, 2.24) is 0 Å². The molecule has 2 fully saturated rings. The molecule has 5 atom stereocenters. The number of esters is 1. The molecule has 0 aromatic heterocycles. The van der Waals surface area contributed by atoms with Crippen molar-refractivity contribution < 1.29 is 14.3 Å². The van der Waals surface area contributed by atoms with E-state index in [0.29, 0.717) is 29.7 Å². The molecule has 1 aromatic carbocycles. The number of hydrogen-bond acceptors (Lipinski definition) is 3. The van der Waals surface area contributed by atoms with Gasteiger partial charge in [-0.1, -0.05) is 32.0 Å². The van der Waals surface area contributed by atoms with Gasteiger partial charge in [-0.25, -0.2) is 4.79 Å². The first kappa shape index (κ1) is 18.2. The molecule has 3 heteroatoms. The Kier molecular flexibility index (Phi) is 5.61. The number of hydrogen-bond donors (Lipinski definition) is 0. The molecule has 1 aromatic rings. The lowest BCUT2D eigenvalue weighted by Crippen LogP contribution is -2.43. The van der Waals surface area contributed by atoms with E-state index in [1.165, 1.54) is 12.8 Å². The SMILES string of the molecule is C[C@H](CCC=O)[C@H]1CCC2[C@@H](OC(=O)c3ccccc3)CCC[C@@]21C. The minimum Gasteiger partial charge on any atom is -0.458 e. The minimum atomic E-state index is -0.188. The molecule has 0 radical (unpaired) electrons. The van der Waals surface area contributed by atoms with Gasteiger partial charge in [0.2, 0.25) is 0 Å². The van der Waals surface area contributed by atoms with Crippen LogP contribution in [0.2, 0.25) is 0 Å². The predicted molar refractivity (Wildman–Crippen MR) is 98.3 cm³/mol. The molecule has 136 valence electrons. The molecule has 0 N–H and O–H groups in total. The van der Waals surface area contributed by atoms with Crippen molar-refractivity contribution in [2.75, 3.05) is 0 Å². The lowest BCUT2D eigenvalue weighted by molar-refractivity contribution is -0.108. The first-order chi connectivity index (χ1) is 12.1. The molecule has 3 rings (SSSR count). The number of rotatable bonds is 6. The van der Waals surface area contributed by atoms with Crippen LogP contribution in [0, 0.1) is 23.2 Å². The third-order valence-corrected chi connectivity index (χ3v) is 6.83. The molecule has 0 spiro atoms. The van der Waals surface area contributed by atoms with E-state index in [4.69, 9.17) is 4.74 Å². The summed E-state index contributed by atoms with van der Waals surface area (Å²) in [5.74, 6) is 1.46. The molecule has 0 saturated heterocycles. The van der Waals surface area contributed by atoms with Crippen molar-refractivity contribution in [3.05, 3.63) is 35.9 Å². The fraction of sp³-hybridized carbons (Fsp3) is 0.636. The molecule has 0 aliphatic heterocycles. The van der Waals surface area contributed by atoms with Crippen LogP contribution >= 0.6 is 0 Å². The zero-order chi connectivity index (χ0) is 17.9. The molecule has 2 aliphatic rings. The Morgan fingerprint density at radius 3 is 2.76 bits per heavy atom. The smallest absolute Gasteiger partial charge is 0.338 e. The van der Waals surface area contributed by atoms with Gasteiger partial charge in [-0.05, 0) is 67.9 Å². The first-order valence-electron chi connectivity index (χ1n) is 9.76. The van der Waals surface area contributed by atoms with Crippen LogP contribution in [0.3, 0.4) is 0 Å². The second-order valence-electron chi connectivity index (χ2n) is 8.22. The number of ether oxygens (including phenoxy) is 1. The second kappa shape index (κ2) is 7.72. The summed E-state index contributed by atoms with van der Waals surface area (Å²) in [7, 11) is 0. The standard InChI is InChI=1S/C22H30O3/c1-16(8-7-15-23)18-12-13-19-20(11-6-14-22(18,19)2)25-21(24)17-9-4-3-5-10-17/h3-5,9-10,15-16,18-20H,6-8,11-14H2,1-2H3/t16-,18-,19?,20+,22-/m1/s1. The van der Waals surface area contributed by atoms with E-state index >= 15 is 0 Å². The van der Waals surface area contributed by atoms with Crippen LogP contribution in [-0.4, -0.2) is 18.4 Å². The van der Waals surface area contributed by atoms with Gasteiger partial charge in [0.15, 0.2) is 0 Å². The Morgan fingerprint density at radius 1 is 1.28 bits per heavy atom. The molecule has 1 unspecified atom stereocenters. The van der Waals surface area contributed by atoms with Gasteiger partial charge in [0.25, 0.3) is 0 Å². The average molecular weight is 342 g/mol. The van der Waals surface area contributed by atoms with E-state index in [2.05, 4.69) is 13.8 Å². The molecular formula is C22H30O3. The number of fused-ring (bicyclic) bond motifs is 1. The summed E-state index contributed by atoms with van der Waals surface area (Å²) in [6, 6.07) is 9.31. The van der Waals surface area contributed by atoms with Crippen LogP contribution in [0.4, 0.5) is 0 Å². The van der Waals surface area contributed by atoms with E-state index in [1.54, 1.807) is 0 Å². The van der Waals surface area contributed by atoms with Gasteiger partial charge in [-0.2, -0.15) is 0 Å². The van der Waals surface area contributed by atoms with Crippen LogP contribution in [0.1, 0.15) is 69.2 Å². The summed E-state index contributed by atoms with van der Waals surface area (Å²) in [4.78, 5) is 23.2. The third-order valence-electron chi connectivity index (χ3n) is 6.83. The van der Waals surface area contributed by atoms with Crippen molar-refractivity contribution >= 4 is 12.3 Å². The van der Waals surface area contributed by atoms with Crippen molar-refractivity contribution in [3.63, 3.8) is 0 Å². The first-order valence-corrected chi connectivity index (χ1v) is 9.76.